The van der Waals surface area contributed by atoms with Gasteiger partial charge in [-0.1, -0.05) is 11.6 Å². The molecule has 1 fully saturated rings. The lowest BCUT2D eigenvalue weighted by Gasteiger charge is -2.44. The van der Waals surface area contributed by atoms with Crippen LogP contribution in [-0.2, 0) is 9.59 Å². The van der Waals surface area contributed by atoms with Crippen molar-refractivity contribution in [3.8, 4) is 5.75 Å². The fraction of sp³-hybridized carbons (Fsp3) is 0.474. The van der Waals surface area contributed by atoms with Gasteiger partial charge in [0, 0.05) is 38.8 Å². The summed E-state index contributed by atoms with van der Waals surface area (Å²) in [6.07, 6.45) is 2.22. The number of piperidine rings is 1. The number of ketones is 1. The number of ether oxygens (including phenoxy) is 1. The summed E-state index contributed by atoms with van der Waals surface area (Å²) in [5.41, 5.74) is 3.92. The van der Waals surface area contributed by atoms with Crippen molar-refractivity contribution in [2.24, 2.45) is 5.10 Å². The molecule has 1 aromatic carbocycles. The predicted molar refractivity (Wildman–Crippen MR) is 94.1 cm³/mol. The van der Waals surface area contributed by atoms with Crippen LogP contribution in [-0.4, -0.2) is 46.9 Å². The summed E-state index contributed by atoms with van der Waals surface area (Å²) in [4.78, 5) is 38.1. The number of rotatable bonds is 1. The molecule has 0 aromatic heterocycles. The highest BCUT2D eigenvalue weighted by Gasteiger charge is 2.44. The summed E-state index contributed by atoms with van der Waals surface area (Å²) in [5, 5.41) is 3.88. The summed E-state index contributed by atoms with van der Waals surface area (Å²) in [6.45, 7) is 2.99. The number of nitrogens with zero attached hydrogens (tertiary/aromatic N) is 2. The summed E-state index contributed by atoms with van der Waals surface area (Å²) >= 11 is 0. The molecule has 3 aliphatic heterocycles. The number of hydrazone groups is 1. The Labute approximate surface area is 151 Å². The Hall–Kier alpha value is -2.70. The van der Waals surface area contributed by atoms with E-state index >= 15 is 0 Å². The fourth-order valence-corrected chi connectivity index (χ4v) is 3.81. The molecule has 1 spiro atoms. The normalized spacial score (nSPS) is 21.6. The number of hydrogen-bond acceptors (Lipinski definition) is 5. The maximum absolute atomic E-state index is 12.6. The van der Waals surface area contributed by atoms with Crippen molar-refractivity contribution in [3.05, 3.63) is 29.3 Å². The molecule has 0 saturated carbocycles. The topological polar surface area (TPSA) is 88.1 Å². The van der Waals surface area contributed by atoms with E-state index in [1.807, 2.05) is 25.1 Å². The van der Waals surface area contributed by atoms with Gasteiger partial charge in [0.05, 0.1) is 12.0 Å². The minimum absolute atomic E-state index is 0.106. The molecule has 7 nitrogen and oxygen atoms in total. The number of benzene rings is 1. The van der Waals surface area contributed by atoms with Crippen LogP contribution in [0.25, 0.3) is 0 Å². The van der Waals surface area contributed by atoms with Crippen molar-refractivity contribution in [1.82, 2.24) is 10.3 Å². The Morgan fingerprint density at radius 2 is 2.00 bits per heavy atom. The third-order valence-corrected chi connectivity index (χ3v) is 5.36. The number of likely N-dealkylation sites (tertiary alicyclic amines) is 1. The number of hydrogen-bond donors (Lipinski definition) is 1. The van der Waals surface area contributed by atoms with Crippen LogP contribution < -0.4 is 10.2 Å². The quantitative estimate of drug-likeness (QED) is 0.829. The molecule has 2 amide bonds. The van der Waals surface area contributed by atoms with Crippen molar-refractivity contribution in [3.63, 3.8) is 0 Å². The molecule has 0 atom stereocenters. The van der Waals surface area contributed by atoms with Gasteiger partial charge in [-0.15, -0.1) is 0 Å². The Bertz CT molecular complexity index is 822. The fourth-order valence-electron chi connectivity index (χ4n) is 3.81. The Kier molecular flexibility index (Phi) is 4.01. The Morgan fingerprint density at radius 3 is 2.69 bits per heavy atom. The number of carbonyl (C=O) groups excluding carboxylic acids is 3. The van der Waals surface area contributed by atoms with Crippen LogP contribution in [0.2, 0.25) is 0 Å². The van der Waals surface area contributed by atoms with Crippen LogP contribution in [0.5, 0.6) is 5.75 Å². The molecule has 0 bridgehead atoms. The van der Waals surface area contributed by atoms with Gasteiger partial charge in [0.15, 0.2) is 5.78 Å². The van der Waals surface area contributed by atoms with E-state index in [9.17, 15) is 14.4 Å². The SMILES string of the molecule is Cc1ccc2c(c1)C(=O)CC1(CCN(C(=O)C3=NNC(=O)CC3)CC1)O2. The van der Waals surface area contributed by atoms with Gasteiger partial charge in [-0.25, -0.2) is 5.43 Å². The highest BCUT2D eigenvalue weighted by atomic mass is 16.5. The van der Waals surface area contributed by atoms with E-state index < -0.39 is 5.60 Å². The molecule has 3 heterocycles. The highest BCUT2D eigenvalue weighted by molar-refractivity contribution is 6.39. The van der Waals surface area contributed by atoms with E-state index in [0.717, 1.165) is 5.56 Å². The van der Waals surface area contributed by atoms with Gasteiger partial charge >= 0.3 is 0 Å². The zero-order valence-corrected chi connectivity index (χ0v) is 14.7. The number of Topliss-reactive ketones (excluding diaryl/α,β-unsaturated/α-hetero) is 1. The van der Waals surface area contributed by atoms with Crippen molar-refractivity contribution in [2.45, 2.75) is 44.6 Å². The number of nitrogens with one attached hydrogen (secondary N) is 1. The molecule has 0 aliphatic carbocycles. The van der Waals surface area contributed by atoms with Crippen molar-refractivity contribution in [2.75, 3.05) is 13.1 Å². The first kappa shape index (κ1) is 16.8. The molecule has 1 aromatic rings. The van der Waals surface area contributed by atoms with E-state index in [4.69, 9.17) is 4.74 Å². The van der Waals surface area contributed by atoms with E-state index in [2.05, 4.69) is 10.5 Å². The number of aryl methyl sites for hydroxylation is 1. The summed E-state index contributed by atoms with van der Waals surface area (Å²) in [7, 11) is 0. The number of amides is 2. The number of carbonyl (C=O) groups is 3. The molecule has 4 rings (SSSR count). The van der Waals surface area contributed by atoms with Crippen molar-refractivity contribution in [1.29, 1.82) is 0 Å². The van der Waals surface area contributed by atoms with E-state index in [1.54, 1.807) is 4.90 Å². The van der Waals surface area contributed by atoms with Crippen LogP contribution in [0, 0.1) is 6.92 Å². The Balaban J connectivity index is 1.45. The minimum atomic E-state index is -0.529. The molecule has 1 saturated heterocycles. The molecular formula is C19H21N3O4. The smallest absolute Gasteiger partial charge is 0.270 e. The van der Waals surface area contributed by atoms with Gasteiger partial charge in [0.25, 0.3) is 5.91 Å². The third kappa shape index (κ3) is 2.98. The first-order chi connectivity index (χ1) is 12.5. The first-order valence-electron chi connectivity index (χ1n) is 8.93. The van der Waals surface area contributed by atoms with E-state index in [-0.39, 0.29) is 24.0 Å². The van der Waals surface area contributed by atoms with Crippen LogP contribution >= 0.6 is 0 Å². The monoisotopic (exact) mass is 355 g/mol. The molecule has 3 aliphatic rings. The summed E-state index contributed by atoms with van der Waals surface area (Å²) in [6, 6.07) is 5.68. The van der Waals surface area contributed by atoms with Gasteiger partial charge in [-0.2, -0.15) is 5.10 Å². The van der Waals surface area contributed by atoms with Crippen molar-refractivity contribution >= 4 is 23.3 Å². The average Bonchev–Trinajstić information content (AvgIpc) is 2.63. The maximum atomic E-state index is 12.6. The molecule has 0 unspecified atom stereocenters. The first-order valence-corrected chi connectivity index (χ1v) is 8.93. The van der Waals surface area contributed by atoms with Crippen LogP contribution in [0.3, 0.4) is 0 Å². The molecule has 26 heavy (non-hydrogen) atoms. The largest absolute Gasteiger partial charge is 0.486 e. The van der Waals surface area contributed by atoms with Gasteiger partial charge in [-0.05, 0) is 19.1 Å². The number of fused-ring (bicyclic) bond motifs is 1. The second-order valence-electron chi connectivity index (χ2n) is 7.27. The van der Waals surface area contributed by atoms with Gasteiger partial charge in [0.1, 0.15) is 17.1 Å². The zero-order valence-electron chi connectivity index (χ0n) is 14.7. The summed E-state index contributed by atoms with van der Waals surface area (Å²) < 4.78 is 6.23. The lowest BCUT2D eigenvalue weighted by molar-refractivity contribution is -0.127. The summed E-state index contributed by atoms with van der Waals surface area (Å²) in [5.74, 6) is 0.445. The van der Waals surface area contributed by atoms with Crippen LogP contribution in [0.15, 0.2) is 23.3 Å². The van der Waals surface area contributed by atoms with Gasteiger partial charge in [0.2, 0.25) is 5.91 Å². The molecule has 7 heteroatoms. The van der Waals surface area contributed by atoms with Crippen LogP contribution in [0.1, 0.15) is 48.0 Å². The molecule has 136 valence electrons. The molecular weight excluding hydrogens is 334 g/mol. The van der Waals surface area contributed by atoms with Gasteiger partial charge < -0.3 is 9.64 Å². The van der Waals surface area contributed by atoms with Gasteiger partial charge in [-0.3, -0.25) is 14.4 Å². The highest BCUT2D eigenvalue weighted by Crippen LogP contribution is 2.39. The molecule has 0 radical (unpaired) electrons. The predicted octanol–water partition coefficient (Wildman–Crippen LogP) is 1.59. The van der Waals surface area contributed by atoms with E-state index in [1.165, 1.54) is 0 Å². The maximum Gasteiger partial charge on any atom is 0.270 e. The van der Waals surface area contributed by atoms with E-state index in [0.29, 0.717) is 55.8 Å². The standard InChI is InChI=1S/C19H21N3O4/c1-12-2-4-16-13(10-12)15(23)11-19(26-16)6-8-22(9-7-19)18(25)14-3-5-17(24)21-20-14/h2,4,10H,3,5-9,11H2,1H3,(H,21,24). The van der Waals surface area contributed by atoms with Crippen LogP contribution in [0.4, 0.5) is 0 Å². The lowest BCUT2D eigenvalue weighted by Crippen LogP contribution is -2.53. The molecule has 1 N–H and O–H groups in total. The Morgan fingerprint density at radius 1 is 1.23 bits per heavy atom. The minimum Gasteiger partial charge on any atom is -0.486 e. The second-order valence-corrected chi connectivity index (χ2v) is 7.27. The van der Waals surface area contributed by atoms with Crippen molar-refractivity contribution < 1.29 is 19.1 Å². The second kappa shape index (κ2) is 6.23. The average molecular weight is 355 g/mol. The lowest BCUT2D eigenvalue weighted by atomic mass is 9.82. The zero-order chi connectivity index (χ0) is 18.3. The third-order valence-electron chi connectivity index (χ3n) is 5.36.